The smallest absolute Gasteiger partial charge is 0.125 e. The van der Waals surface area contributed by atoms with Gasteiger partial charge in [-0.1, -0.05) is 42.6 Å². The molecule has 1 saturated carbocycles. The minimum absolute atomic E-state index is 0.700. The Labute approximate surface area is 122 Å². The second-order valence-electron chi connectivity index (χ2n) is 4.97. The van der Waals surface area contributed by atoms with Gasteiger partial charge in [-0.25, -0.2) is 4.98 Å². The Kier molecular flexibility index (Phi) is 4.16. The number of hydrogen-bond acceptors (Lipinski definition) is 3. The first kappa shape index (κ1) is 13.1. The predicted molar refractivity (Wildman–Crippen MR) is 81.7 cm³/mol. The summed E-state index contributed by atoms with van der Waals surface area (Å²) in [5.41, 5.74) is 1.03. The highest BCUT2D eigenvalue weighted by atomic mass is 35.5. The van der Waals surface area contributed by atoms with Gasteiger partial charge in [0.15, 0.2) is 0 Å². The maximum atomic E-state index is 6.20. The molecule has 1 aliphatic rings. The lowest BCUT2D eigenvalue weighted by Gasteiger charge is -2.09. The Morgan fingerprint density at radius 3 is 2.84 bits per heavy atom. The van der Waals surface area contributed by atoms with Crippen LogP contribution in [0.1, 0.15) is 30.6 Å². The van der Waals surface area contributed by atoms with Crippen LogP contribution in [0.2, 0.25) is 5.02 Å². The Morgan fingerprint density at radius 2 is 2.05 bits per heavy atom. The van der Waals surface area contributed by atoms with Crippen LogP contribution in [-0.4, -0.2) is 11.0 Å². The van der Waals surface area contributed by atoms with Crippen LogP contribution < -0.4 is 5.32 Å². The Hall–Kier alpha value is -0.900. The minimum Gasteiger partial charge on any atom is -0.309 e. The second kappa shape index (κ2) is 6.04. The highest BCUT2D eigenvalue weighted by Gasteiger charge is 2.14. The molecule has 2 nitrogen and oxygen atoms in total. The first-order valence-corrected chi connectivity index (χ1v) is 7.95. The maximum Gasteiger partial charge on any atom is 0.125 e. The van der Waals surface area contributed by atoms with Crippen LogP contribution in [-0.2, 0) is 6.54 Å². The van der Waals surface area contributed by atoms with Crippen molar-refractivity contribution in [1.29, 1.82) is 0 Å². The van der Waals surface area contributed by atoms with E-state index >= 15 is 0 Å². The molecule has 0 radical (unpaired) electrons. The van der Waals surface area contributed by atoms with Gasteiger partial charge in [-0.05, 0) is 18.9 Å². The molecule has 0 amide bonds. The summed E-state index contributed by atoms with van der Waals surface area (Å²) >= 11 is 7.93. The summed E-state index contributed by atoms with van der Waals surface area (Å²) in [5.74, 6) is 0. The van der Waals surface area contributed by atoms with Crippen molar-refractivity contribution in [2.75, 3.05) is 0 Å². The molecule has 0 spiro atoms. The number of benzene rings is 1. The summed E-state index contributed by atoms with van der Waals surface area (Å²) in [4.78, 5) is 5.77. The topological polar surface area (TPSA) is 24.9 Å². The molecule has 0 aliphatic heterocycles. The molecule has 1 aromatic carbocycles. The summed E-state index contributed by atoms with van der Waals surface area (Å²) in [6, 6.07) is 8.58. The van der Waals surface area contributed by atoms with Crippen LogP contribution >= 0.6 is 22.9 Å². The summed E-state index contributed by atoms with van der Waals surface area (Å²) in [7, 11) is 0. The van der Waals surface area contributed by atoms with Gasteiger partial charge in [0, 0.05) is 29.2 Å². The van der Waals surface area contributed by atoms with Crippen molar-refractivity contribution in [2.24, 2.45) is 0 Å². The van der Waals surface area contributed by atoms with Crippen LogP contribution in [0, 0.1) is 0 Å². The van der Waals surface area contributed by atoms with Gasteiger partial charge in [0.05, 0.1) is 5.02 Å². The molecule has 4 heteroatoms. The molecule has 1 heterocycles. The van der Waals surface area contributed by atoms with Gasteiger partial charge in [-0.2, -0.15) is 0 Å². The largest absolute Gasteiger partial charge is 0.309 e. The molecule has 0 atom stereocenters. The zero-order chi connectivity index (χ0) is 13.1. The SMILES string of the molecule is Clc1ccccc1-c1ncc(CNC2CCCC2)s1. The van der Waals surface area contributed by atoms with E-state index in [0.29, 0.717) is 6.04 Å². The van der Waals surface area contributed by atoms with Gasteiger partial charge in [0.25, 0.3) is 0 Å². The average molecular weight is 293 g/mol. The summed E-state index contributed by atoms with van der Waals surface area (Å²) < 4.78 is 0. The third-order valence-corrected chi connectivity index (χ3v) is 4.94. The predicted octanol–water partition coefficient (Wildman–Crippen LogP) is 4.50. The van der Waals surface area contributed by atoms with Crippen LogP contribution in [0.15, 0.2) is 30.5 Å². The van der Waals surface area contributed by atoms with Crippen LogP contribution in [0.25, 0.3) is 10.6 Å². The molecule has 3 rings (SSSR count). The fraction of sp³-hybridized carbons (Fsp3) is 0.400. The Bertz CT molecular complexity index is 547. The fourth-order valence-corrected chi connectivity index (χ4v) is 3.71. The number of hydrogen-bond donors (Lipinski definition) is 1. The molecule has 0 bridgehead atoms. The number of aromatic nitrogens is 1. The zero-order valence-electron chi connectivity index (χ0n) is 10.7. The van der Waals surface area contributed by atoms with E-state index in [-0.39, 0.29) is 0 Å². The third-order valence-electron chi connectivity index (χ3n) is 3.58. The summed E-state index contributed by atoms with van der Waals surface area (Å²) in [5, 5.41) is 5.39. The molecule has 1 aliphatic carbocycles. The lowest BCUT2D eigenvalue weighted by atomic mass is 10.2. The molecule has 100 valence electrons. The molecule has 0 saturated heterocycles. The number of nitrogens with one attached hydrogen (secondary N) is 1. The second-order valence-corrected chi connectivity index (χ2v) is 6.50. The van der Waals surface area contributed by atoms with Gasteiger partial charge in [-0.3, -0.25) is 0 Å². The Balaban J connectivity index is 1.67. The van der Waals surface area contributed by atoms with E-state index in [4.69, 9.17) is 11.6 Å². The van der Waals surface area contributed by atoms with Crippen LogP contribution in [0.5, 0.6) is 0 Å². The zero-order valence-corrected chi connectivity index (χ0v) is 12.3. The van der Waals surface area contributed by atoms with Gasteiger partial charge < -0.3 is 5.32 Å². The van der Waals surface area contributed by atoms with Crippen LogP contribution in [0.4, 0.5) is 0 Å². The van der Waals surface area contributed by atoms with Crippen LogP contribution in [0.3, 0.4) is 0 Å². The molecule has 2 aromatic rings. The summed E-state index contributed by atoms with van der Waals surface area (Å²) in [6.07, 6.45) is 7.33. The molecular weight excluding hydrogens is 276 g/mol. The van der Waals surface area contributed by atoms with E-state index < -0.39 is 0 Å². The standard InChI is InChI=1S/C15H17ClN2S/c16-14-8-4-3-7-13(14)15-18-10-12(19-15)9-17-11-5-1-2-6-11/h3-4,7-8,10-11,17H,1-2,5-6,9H2. The normalized spacial score (nSPS) is 16.1. The van der Waals surface area contributed by atoms with Crippen molar-refractivity contribution >= 4 is 22.9 Å². The molecule has 1 fully saturated rings. The van der Waals surface area contributed by atoms with E-state index in [0.717, 1.165) is 22.1 Å². The van der Waals surface area contributed by atoms with E-state index in [1.54, 1.807) is 11.3 Å². The van der Waals surface area contributed by atoms with Gasteiger partial charge in [-0.15, -0.1) is 11.3 Å². The van der Waals surface area contributed by atoms with E-state index in [9.17, 15) is 0 Å². The Morgan fingerprint density at radius 1 is 1.26 bits per heavy atom. The van der Waals surface area contributed by atoms with E-state index in [1.165, 1.54) is 30.6 Å². The third kappa shape index (κ3) is 3.16. The monoisotopic (exact) mass is 292 g/mol. The molecule has 0 unspecified atom stereocenters. The molecule has 19 heavy (non-hydrogen) atoms. The summed E-state index contributed by atoms with van der Waals surface area (Å²) in [6.45, 7) is 0.923. The fourth-order valence-electron chi connectivity index (χ4n) is 2.52. The lowest BCUT2D eigenvalue weighted by Crippen LogP contribution is -2.24. The molecule has 1 N–H and O–H groups in total. The number of rotatable bonds is 4. The maximum absolute atomic E-state index is 6.20. The first-order chi connectivity index (χ1) is 9.33. The number of halogens is 1. The van der Waals surface area contributed by atoms with E-state index in [1.807, 2.05) is 30.5 Å². The number of nitrogens with zero attached hydrogens (tertiary/aromatic N) is 1. The van der Waals surface area contributed by atoms with E-state index in [2.05, 4.69) is 10.3 Å². The van der Waals surface area contributed by atoms with Crippen molar-refractivity contribution < 1.29 is 0 Å². The van der Waals surface area contributed by atoms with Gasteiger partial charge >= 0.3 is 0 Å². The highest BCUT2D eigenvalue weighted by molar-refractivity contribution is 7.15. The van der Waals surface area contributed by atoms with Crippen molar-refractivity contribution in [3.05, 3.63) is 40.4 Å². The highest BCUT2D eigenvalue weighted by Crippen LogP contribution is 2.31. The van der Waals surface area contributed by atoms with Gasteiger partial charge in [0.2, 0.25) is 0 Å². The average Bonchev–Trinajstić information content (AvgIpc) is 3.08. The van der Waals surface area contributed by atoms with Crippen molar-refractivity contribution in [2.45, 2.75) is 38.3 Å². The molecular formula is C15H17ClN2S. The number of thiazole rings is 1. The first-order valence-electron chi connectivity index (χ1n) is 6.76. The van der Waals surface area contributed by atoms with Crippen molar-refractivity contribution in [3.63, 3.8) is 0 Å². The van der Waals surface area contributed by atoms with Gasteiger partial charge in [0.1, 0.15) is 5.01 Å². The minimum atomic E-state index is 0.700. The van der Waals surface area contributed by atoms with Crippen molar-refractivity contribution in [3.8, 4) is 10.6 Å². The van der Waals surface area contributed by atoms with Crippen molar-refractivity contribution in [1.82, 2.24) is 10.3 Å². The lowest BCUT2D eigenvalue weighted by molar-refractivity contribution is 0.527. The quantitative estimate of drug-likeness (QED) is 0.898. The molecule has 1 aromatic heterocycles.